The summed E-state index contributed by atoms with van der Waals surface area (Å²) in [7, 11) is 1.65. The SMILES string of the molecule is COc1ccc(-n2nnnc2C(C)(C)Nc2ccc(C)cc2C)cc1. The molecule has 1 aromatic heterocycles. The van der Waals surface area contributed by atoms with Crippen LogP contribution in [0.1, 0.15) is 30.8 Å². The molecule has 2 aromatic carbocycles. The number of benzene rings is 2. The van der Waals surface area contributed by atoms with Gasteiger partial charge in [0.25, 0.3) is 0 Å². The zero-order valence-electron chi connectivity index (χ0n) is 15.2. The highest BCUT2D eigenvalue weighted by Gasteiger charge is 2.28. The third-order valence-electron chi connectivity index (χ3n) is 4.17. The van der Waals surface area contributed by atoms with Crippen molar-refractivity contribution in [3.05, 3.63) is 59.4 Å². The molecule has 0 aliphatic carbocycles. The van der Waals surface area contributed by atoms with Crippen molar-refractivity contribution in [3.8, 4) is 11.4 Å². The van der Waals surface area contributed by atoms with E-state index in [9.17, 15) is 0 Å². The van der Waals surface area contributed by atoms with Gasteiger partial charge < -0.3 is 10.1 Å². The minimum absolute atomic E-state index is 0.455. The summed E-state index contributed by atoms with van der Waals surface area (Å²) in [6, 6.07) is 14.0. The number of hydrogen-bond donors (Lipinski definition) is 1. The lowest BCUT2D eigenvalue weighted by Crippen LogP contribution is -2.32. The number of ether oxygens (including phenoxy) is 1. The van der Waals surface area contributed by atoms with Crippen LogP contribution in [0, 0.1) is 13.8 Å². The number of methoxy groups -OCH3 is 1. The standard InChI is InChI=1S/C19H23N5O/c1-13-6-11-17(14(2)12-13)20-19(3,4)18-21-22-23-24(18)15-7-9-16(25-5)10-8-15/h6-12,20H,1-5H3. The quantitative estimate of drug-likeness (QED) is 0.770. The molecule has 6 heteroatoms. The number of anilines is 1. The number of aryl methyl sites for hydroxylation is 2. The third-order valence-corrected chi connectivity index (χ3v) is 4.17. The van der Waals surface area contributed by atoms with Gasteiger partial charge in [0.05, 0.1) is 18.3 Å². The van der Waals surface area contributed by atoms with Gasteiger partial charge in [-0.25, -0.2) is 0 Å². The number of aromatic nitrogens is 4. The lowest BCUT2D eigenvalue weighted by molar-refractivity contribution is 0.414. The van der Waals surface area contributed by atoms with Crippen molar-refractivity contribution >= 4 is 5.69 Å². The fourth-order valence-corrected chi connectivity index (χ4v) is 2.82. The predicted octanol–water partition coefficient (Wildman–Crippen LogP) is 3.63. The van der Waals surface area contributed by atoms with Crippen LogP contribution < -0.4 is 10.1 Å². The fraction of sp³-hybridized carbons (Fsp3) is 0.316. The van der Waals surface area contributed by atoms with Gasteiger partial charge in [-0.05, 0) is 74.0 Å². The Morgan fingerprint density at radius 3 is 2.40 bits per heavy atom. The number of rotatable bonds is 5. The van der Waals surface area contributed by atoms with Crippen LogP contribution in [0.5, 0.6) is 5.75 Å². The van der Waals surface area contributed by atoms with Gasteiger partial charge in [-0.2, -0.15) is 4.68 Å². The zero-order valence-corrected chi connectivity index (χ0v) is 15.2. The summed E-state index contributed by atoms with van der Waals surface area (Å²) in [5.74, 6) is 1.53. The van der Waals surface area contributed by atoms with E-state index in [-0.39, 0.29) is 0 Å². The van der Waals surface area contributed by atoms with Gasteiger partial charge in [-0.3, -0.25) is 0 Å². The van der Waals surface area contributed by atoms with Crippen LogP contribution in [-0.2, 0) is 5.54 Å². The van der Waals surface area contributed by atoms with E-state index in [2.05, 4.69) is 66.7 Å². The van der Waals surface area contributed by atoms with E-state index in [4.69, 9.17) is 4.74 Å². The second-order valence-electron chi connectivity index (χ2n) is 6.68. The molecule has 25 heavy (non-hydrogen) atoms. The zero-order chi connectivity index (χ0) is 18.0. The molecule has 1 N–H and O–H groups in total. The van der Waals surface area contributed by atoms with Crippen LogP contribution in [0.15, 0.2) is 42.5 Å². The van der Waals surface area contributed by atoms with Gasteiger partial charge in [0, 0.05) is 5.69 Å². The summed E-state index contributed by atoms with van der Waals surface area (Å²) in [6.45, 7) is 8.32. The first-order valence-electron chi connectivity index (χ1n) is 8.19. The van der Waals surface area contributed by atoms with Crippen molar-refractivity contribution in [2.45, 2.75) is 33.2 Å². The maximum absolute atomic E-state index is 5.21. The Kier molecular flexibility index (Phi) is 4.44. The third kappa shape index (κ3) is 3.47. The van der Waals surface area contributed by atoms with Crippen LogP contribution in [0.3, 0.4) is 0 Å². The molecule has 3 aromatic rings. The molecule has 0 atom stereocenters. The average molecular weight is 337 g/mol. The highest BCUT2D eigenvalue weighted by Crippen LogP contribution is 2.28. The van der Waals surface area contributed by atoms with Crippen molar-refractivity contribution in [1.82, 2.24) is 20.2 Å². The van der Waals surface area contributed by atoms with Crippen molar-refractivity contribution in [3.63, 3.8) is 0 Å². The van der Waals surface area contributed by atoms with Gasteiger partial charge in [0.1, 0.15) is 5.75 Å². The molecule has 0 amide bonds. The van der Waals surface area contributed by atoms with Crippen molar-refractivity contribution in [2.75, 3.05) is 12.4 Å². The summed E-state index contributed by atoms with van der Waals surface area (Å²) in [5.41, 5.74) is 3.93. The predicted molar refractivity (Wildman–Crippen MR) is 98.3 cm³/mol. The molecule has 0 fully saturated rings. The second kappa shape index (κ2) is 6.55. The molecule has 0 radical (unpaired) electrons. The minimum atomic E-state index is -0.455. The second-order valence-corrected chi connectivity index (χ2v) is 6.68. The van der Waals surface area contributed by atoms with Gasteiger partial charge in [0.2, 0.25) is 0 Å². The molecule has 0 aliphatic heterocycles. The molecule has 0 unspecified atom stereocenters. The first-order valence-corrected chi connectivity index (χ1v) is 8.19. The highest BCUT2D eigenvalue weighted by atomic mass is 16.5. The highest BCUT2D eigenvalue weighted by molar-refractivity contribution is 5.54. The number of tetrazole rings is 1. The molecule has 0 saturated carbocycles. The lowest BCUT2D eigenvalue weighted by Gasteiger charge is -2.27. The molecule has 0 spiro atoms. The maximum Gasteiger partial charge on any atom is 0.181 e. The summed E-state index contributed by atoms with van der Waals surface area (Å²) in [6.07, 6.45) is 0. The van der Waals surface area contributed by atoms with E-state index in [1.807, 2.05) is 24.3 Å². The number of nitrogens with one attached hydrogen (secondary N) is 1. The molecular formula is C19H23N5O. The Labute approximate surface area is 147 Å². The molecule has 0 aliphatic rings. The lowest BCUT2D eigenvalue weighted by atomic mass is 10.0. The van der Waals surface area contributed by atoms with E-state index >= 15 is 0 Å². The van der Waals surface area contributed by atoms with Gasteiger partial charge in [-0.15, -0.1) is 5.10 Å². The Morgan fingerprint density at radius 2 is 1.76 bits per heavy atom. The maximum atomic E-state index is 5.21. The van der Waals surface area contributed by atoms with E-state index in [0.29, 0.717) is 0 Å². The molecule has 1 heterocycles. The summed E-state index contributed by atoms with van der Waals surface area (Å²) >= 11 is 0. The van der Waals surface area contributed by atoms with Crippen LogP contribution in [0.25, 0.3) is 5.69 Å². The molecule has 6 nitrogen and oxygen atoms in total. The molecule has 0 saturated heterocycles. The van der Waals surface area contributed by atoms with Gasteiger partial charge in [0.15, 0.2) is 5.82 Å². The van der Waals surface area contributed by atoms with E-state index < -0.39 is 5.54 Å². The molecule has 0 bridgehead atoms. The Bertz CT molecular complexity index is 868. The number of nitrogens with zero attached hydrogens (tertiary/aromatic N) is 4. The minimum Gasteiger partial charge on any atom is -0.497 e. The van der Waals surface area contributed by atoms with Crippen LogP contribution >= 0.6 is 0 Å². The van der Waals surface area contributed by atoms with Crippen LogP contribution in [0.2, 0.25) is 0 Å². The van der Waals surface area contributed by atoms with Crippen LogP contribution in [-0.4, -0.2) is 27.3 Å². The normalized spacial score (nSPS) is 11.4. The van der Waals surface area contributed by atoms with E-state index in [1.54, 1.807) is 11.8 Å². The summed E-state index contributed by atoms with van der Waals surface area (Å²) in [4.78, 5) is 0. The van der Waals surface area contributed by atoms with Crippen molar-refractivity contribution < 1.29 is 4.74 Å². The van der Waals surface area contributed by atoms with E-state index in [0.717, 1.165) is 22.9 Å². The van der Waals surface area contributed by atoms with Gasteiger partial charge >= 0.3 is 0 Å². The monoisotopic (exact) mass is 337 g/mol. The van der Waals surface area contributed by atoms with Gasteiger partial charge in [-0.1, -0.05) is 17.7 Å². The Hall–Kier alpha value is -2.89. The average Bonchev–Trinajstić information content (AvgIpc) is 3.08. The molecule has 3 rings (SSSR count). The van der Waals surface area contributed by atoms with Crippen molar-refractivity contribution in [2.24, 2.45) is 0 Å². The molecular weight excluding hydrogens is 314 g/mol. The fourth-order valence-electron chi connectivity index (χ4n) is 2.82. The molecule has 130 valence electrons. The summed E-state index contributed by atoms with van der Waals surface area (Å²) < 4.78 is 6.96. The van der Waals surface area contributed by atoms with Crippen LogP contribution in [0.4, 0.5) is 5.69 Å². The smallest absolute Gasteiger partial charge is 0.181 e. The topological polar surface area (TPSA) is 64.9 Å². The Balaban J connectivity index is 1.93. The number of hydrogen-bond acceptors (Lipinski definition) is 5. The summed E-state index contributed by atoms with van der Waals surface area (Å²) in [5, 5.41) is 15.9. The largest absolute Gasteiger partial charge is 0.497 e. The van der Waals surface area contributed by atoms with Crippen molar-refractivity contribution in [1.29, 1.82) is 0 Å². The first kappa shape index (κ1) is 17.0. The first-order chi connectivity index (χ1) is 11.9. The Morgan fingerprint density at radius 1 is 1.04 bits per heavy atom. The van der Waals surface area contributed by atoms with E-state index in [1.165, 1.54) is 11.1 Å².